The number of benzene rings is 1. The topological polar surface area (TPSA) is 44.5 Å². The predicted molar refractivity (Wildman–Crippen MR) is 83.2 cm³/mol. The fourth-order valence-corrected chi connectivity index (χ4v) is 3.55. The largest absolute Gasteiger partial charge is 0.492 e. The molecule has 0 spiro atoms. The van der Waals surface area contributed by atoms with Crippen LogP contribution >= 0.6 is 15.9 Å². The molecule has 0 atom stereocenters. The minimum atomic E-state index is -0.202. The summed E-state index contributed by atoms with van der Waals surface area (Å²) in [6, 6.07) is 4.17. The van der Waals surface area contributed by atoms with Gasteiger partial charge in [0.2, 0.25) is 0 Å². The summed E-state index contributed by atoms with van der Waals surface area (Å²) in [6.07, 6.45) is 7.08. The normalized spacial score (nSPS) is 20.9. The van der Waals surface area contributed by atoms with Gasteiger partial charge in [-0.05, 0) is 65.2 Å². The Morgan fingerprint density at radius 3 is 2.60 bits per heavy atom. The number of nitrogens with two attached hydrogens (primary N) is 1. The maximum atomic E-state index is 6.56. The summed E-state index contributed by atoms with van der Waals surface area (Å²) in [5, 5.41) is 0. The van der Waals surface area contributed by atoms with Gasteiger partial charge in [0.1, 0.15) is 0 Å². The summed E-state index contributed by atoms with van der Waals surface area (Å²) in [6.45, 7) is 0.782. The zero-order valence-corrected chi connectivity index (χ0v) is 13.5. The van der Waals surface area contributed by atoms with Crippen LogP contribution in [-0.4, -0.2) is 13.7 Å². The third-order valence-electron chi connectivity index (χ3n) is 4.46. The van der Waals surface area contributed by atoms with Crippen LogP contribution in [0.3, 0.4) is 0 Å². The number of hydrogen-bond donors (Lipinski definition) is 1. The van der Waals surface area contributed by atoms with Crippen molar-refractivity contribution in [1.29, 1.82) is 0 Å². The molecule has 0 aromatic heterocycles. The van der Waals surface area contributed by atoms with Gasteiger partial charge in [-0.3, -0.25) is 0 Å². The van der Waals surface area contributed by atoms with E-state index >= 15 is 0 Å². The minimum Gasteiger partial charge on any atom is -0.492 e. The highest BCUT2D eigenvalue weighted by Crippen LogP contribution is 2.44. The molecule has 110 valence electrons. The van der Waals surface area contributed by atoms with Crippen molar-refractivity contribution in [3.8, 4) is 11.5 Å². The molecule has 3 nitrogen and oxygen atoms in total. The van der Waals surface area contributed by atoms with E-state index in [0.717, 1.165) is 46.9 Å². The van der Waals surface area contributed by atoms with Crippen molar-refractivity contribution in [1.82, 2.24) is 0 Å². The van der Waals surface area contributed by atoms with Gasteiger partial charge in [0.15, 0.2) is 11.5 Å². The third-order valence-corrected chi connectivity index (χ3v) is 5.04. The molecule has 0 aliphatic heterocycles. The molecule has 2 aliphatic rings. The molecule has 0 unspecified atom stereocenters. The van der Waals surface area contributed by atoms with Crippen molar-refractivity contribution >= 4 is 15.9 Å². The Bertz CT molecular complexity index is 493. The Morgan fingerprint density at radius 2 is 2.00 bits per heavy atom. The van der Waals surface area contributed by atoms with E-state index in [1.807, 2.05) is 0 Å². The Morgan fingerprint density at radius 1 is 1.30 bits per heavy atom. The molecule has 3 rings (SSSR count). The number of methoxy groups -OCH3 is 1. The first-order chi connectivity index (χ1) is 9.62. The van der Waals surface area contributed by atoms with Crippen molar-refractivity contribution in [3.63, 3.8) is 0 Å². The number of rotatable bonds is 5. The first-order valence-corrected chi connectivity index (χ1v) is 8.21. The first kappa shape index (κ1) is 14.2. The molecule has 20 heavy (non-hydrogen) atoms. The fraction of sp³-hybridized carbons (Fsp3) is 0.625. The summed E-state index contributed by atoms with van der Waals surface area (Å²) in [5.41, 5.74) is 7.52. The number of ether oxygens (including phenoxy) is 2. The van der Waals surface area contributed by atoms with Gasteiger partial charge in [0, 0.05) is 5.54 Å². The molecule has 0 saturated heterocycles. The van der Waals surface area contributed by atoms with E-state index in [-0.39, 0.29) is 5.54 Å². The summed E-state index contributed by atoms with van der Waals surface area (Å²) >= 11 is 3.59. The standard InChI is InChI=1S/C16H22BrNO2/c1-19-15-13(17)8-12(16(18)6-2-3-7-16)9-14(15)20-10-11-4-5-11/h8-9,11H,2-7,10,18H2,1H3. The maximum Gasteiger partial charge on any atom is 0.174 e. The average molecular weight is 340 g/mol. The second kappa shape index (κ2) is 5.57. The summed E-state index contributed by atoms with van der Waals surface area (Å²) in [5.74, 6) is 2.32. The van der Waals surface area contributed by atoms with Crippen molar-refractivity contribution < 1.29 is 9.47 Å². The van der Waals surface area contributed by atoms with E-state index in [1.165, 1.54) is 25.7 Å². The lowest BCUT2D eigenvalue weighted by molar-refractivity contribution is 0.278. The highest BCUT2D eigenvalue weighted by Gasteiger charge is 2.33. The minimum absolute atomic E-state index is 0.202. The molecule has 0 heterocycles. The van der Waals surface area contributed by atoms with Crippen LogP contribution in [0.15, 0.2) is 16.6 Å². The van der Waals surface area contributed by atoms with Gasteiger partial charge >= 0.3 is 0 Å². The van der Waals surface area contributed by atoms with Gasteiger partial charge in [-0.2, -0.15) is 0 Å². The smallest absolute Gasteiger partial charge is 0.174 e. The molecule has 2 saturated carbocycles. The second-order valence-corrected chi connectivity index (χ2v) is 6.96. The van der Waals surface area contributed by atoms with Crippen LogP contribution in [0.1, 0.15) is 44.1 Å². The van der Waals surface area contributed by atoms with Crippen LogP contribution in [0.4, 0.5) is 0 Å². The molecule has 0 radical (unpaired) electrons. The lowest BCUT2D eigenvalue weighted by atomic mass is 9.89. The number of halogens is 1. The molecular weight excluding hydrogens is 318 g/mol. The highest BCUT2D eigenvalue weighted by molar-refractivity contribution is 9.10. The summed E-state index contributed by atoms with van der Waals surface area (Å²) in [4.78, 5) is 0. The fourth-order valence-electron chi connectivity index (χ4n) is 2.95. The first-order valence-electron chi connectivity index (χ1n) is 7.42. The SMILES string of the molecule is COc1c(Br)cc(C2(N)CCCC2)cc1OCC1CC1. The molecule has 0 bridgehead atoms. The Kier molecular flexibility index (Phi) is 3.95. The zero-order valence-electron chi connectivity index (χ0n) is 12.0. The molecular formula is C16H22BrNO2. The van der Waals surface area contributed by atoms with E-state index in [2.05, 4.69) is 28.1 Å². The third kappa shape index (κ3) is 2.82. The van der Waals surface area contributed by atoms with Crippen LogP contribution < -0.4 is 15.2 Å². The van der Waals surface area contributed by atoms with E-state index in [4.69, 9.17) is 15.2 Å². The van der Waals surface area contributed by atoms with E-state index in [9.17, 15) is 0 Å². The van der Waals surface area contributed by atoms with E-state index < -0.39 is 0 Å². The quantitative estimate of drug-likeness (QED) is 0.882. The molecule has 1 aromatic rings. The molecule has 2 N–H and O–H groups in total. The lowest BCUT2D eigenvalue weighted by Gasteiger charge is -2.26. The van der Waals surface area contributed by atoms with Crippen molar-refractivity contribution in [2.75, 3.05) is 13.7 Å². The van der Waals surface area contributed by atoms with Gasteiger partial charge in [0.25, 0.3) is 0 Å². The average Bonchev–Trinajstić information content (AvgIpc) is 3.16. The Balaban J connectivity index is 1.90. The Hall–Kier alpha value is -0.740. The second-order valence-electron chi connectivity index (χ2n) is 6.11. The molecule has 0 amide bonds. The zero-order chi connectivity index (χ0) is 14.2. The van der Waals surface area contributed by atoms with Gasteiger partial charge in [-0.25, -0.2) is 0 Å². The van der Waals surface area contributed by atoms with Gasteiger partial charge in [-0.1, -0.05) is 12.8 Å². The van der Waals surface area contributed by atoms with Crippen molar-refractivity contribution in [2.45, 2.75) is 44.1 Å². The van der Waals surface area contributed by atoms with E-state index in [0.29, 0.717) is 0 Å². The lowest BCUT2D eigenvalue weighted by Crippen LogP contribution is -2.33. The van der Waals surface area contributed by atoms with Crippen LogP contribution in [0.2, 0.25) is 0 Å². The van der Waals surface area contributed by atoms with Gasteiger partial charge in [0.05, 0.1) is 18.2 Å². The van der Waals surface area contributed by atoms with Gasteiger partial charge < -0.3 is 15.2 Å². The monoisotopic (exact) mass is 339 g/mol. The predicted octanol–water partition coefficient (Wildman–Crippen LogP) is 3.97. The summed E-state index contributed by atoms with van der Waals surface area (Å²) < 4.78 is 12.4. The Labute approximate surface area is 129 Å². The summed E-state index contributed by atoms with van der Waals surface area (Å²) in [7, 11) is 1.68. The molecule has 1 aromatic carbocycles. The molecule has 4 heteroatoms. The number of hydrogen-bond acceptors (Lipinski definition) is 3. The van der Waals surface area contributed by atoms with Crippen LogP contribution in [0.25, 0.3) is 0 Å². The molecule has 2 fully saturated rings. The van der Waals surface area contributed by atoms with Crippen LogP contribution in [0.5, 0.6) is 11.5 Å². The molecule has 2 aliphatic carbocycles. The van der Waals surface area contributed by atoms with Gasteiger partial charge in [-0.15, -0.1) is 0 Å². The maximum absolute atomic E-state index is 6.56. The van der Waals surface area contributed by atoms with Crippen LogP contribution in [0, 0.1) is 5.92 Å². The van der Waals surface area contributed by atoms with E-state index in [1.54, 1.807) is 7.11 Å². The van der Waals surface area contributed by atoms with Crippen molar-refractivity contribution in [2.24, 2.45) is 11.7 Å². The highest BCUT2D eigenvalue weighted by atomic mass is 79.9. The van der Waals surface area contributed by atoms with Crippen molar-refractivity contribution in [3.05, 3.63) is 22.2 Å². The van der Waals surface area contributed by atoms with Crippen LogP contribution in [-0.2, 0) is 5.54 Å².